The van der Waals surface area contributed by atoms with Crippen molar-refractivity contribution < 1.29 is 15.4 Å². The number of furan rings is 1. The average Bonchev–Trinajstić information content (AvgIpc) is 3.72. The van der Waals surface area contributed by atoms with Crippen LogP contribution in [0.25, 0.3) is 120 Å². The fourth-order valence-corrected chi connectivity index (χ4v) is 8.98. The molecule has 1 heterocycles. The van der Waals surface area contributed by atoms with E-state index in [2.05, 4.69) is 54.6 Å². The molecule has 0 aliphatic rings. The largest absolute Gasteiger partial charge is 0.456 e. The lowest BCUT2D eigenvalue weighted by Crippen LogP contribution is -1.92. The van der Waals surface area contributed by atoms with Crippen LogP contribution in [0.4, 0.5) is 0 Å². The van der Waals surface area contributed by atoms with Gasteiger partial charge in [-0.2, -0.15) is 0 Å². The zero-order chi connectivity index (χ0) is 44.4. The van der Waals surface area contributed by atoms with Gasteiger partial charge in [-0.1, -0.05) is 182 Å². The molecule has 0 amide bonds. The van der Waals surface area contributed by atoms with Crippen molar-refractivity contribution >= 4 is 75.8 Å². The van der Waals surface area contributed by atoms with Gasteiger partial charge in [0.25, 0.3) is 0 Å². The monoisotopic (exact) mass is 730 g/mol. The first-order valence-electron chi connectivity index (χ1n) is 23.0. The van der Waals surface area contributed by atoms with E-state index in [4.69, 9.17) is 9.90 Å². The molecule has 0 saturated heterocycles. The predicted molar refractivity (Wildman–Crippen MR) is 243 cm³/mol. The summed E-state index contributed by atoms with van der Waals surface area (Å²) < 4.78 is 81.3. The highest BCUT2D eigenvalue weighted by Crippen LogP contribution is 2.49. The number of benzene rings is 11. The molecule has 11 aromatic carbocycles. The molecule has 0 aliphatic carbocycles. The fourth-order valence-electron chi connectivity index (χ4n) is 8.98. The molecule has 12 rings (SSSR count). The third-order valence-electron chi connectivity index (χ3n) is 11.5. The molecule has 0 spiro atoms. The minimum Gasteiger partial charge on any atom is -0.456 e. The van der Waals surface area contributed by atoms with Gasteiger partial charge in [-0.05, 0) is 123 Å². The second kappa shape index (κ2) is 12.5. The van der Waals surface area contributed by atoms with E-state index >= 15 is 0 Å². The molecule has 264 valence electrons. The van der Waals surface area contributed by atoms with Gasteiger partial charge in [-0.25, -0.2) is 0 Å². The van der Waals surface area contributed by atoms with E-state index < -0.39 is 24.2 Å². The summed E-state index contributed by atoms with van der Waals surface area (Å²) in [6, 6.07) is 49.3. The average molecular weight is 731 g/mol. The Morgan fingerprint density at radius 1 is 0.316 bits per heavy atom. The molecule has 0 N–H and O–H groups in total. The van der Waals surface area contributed by atoms with Crippen molar-refractivity contribution in [2.24, 2.45) is 0 Å². The quantitative estimate of drug-likeness (QED) is 0.130. The van der Waals surface area contributed by atoms with Gasteiger partial charge in [0.2, 0.25) is 0 Å². The number of hydrogen-bond donors (Lipinski definition) is 0. The molecular weight excluding hydrogens is 689 g/mol. The SMILES string of the molecule is [2H]c1c([2H])c([2H])c2c(-c3cccc4oc5cc6ccccc6cc5c34)c3c([2H])c([2H])c([2H])c([2H])c3c(-c3cccc4c3ccc3c(-c5cccc(-c6ccccc6)c5)cccc34)c2c1[2H]. The summed E-state index contributed by atoms with van der Waals surface area (Å²) in [4.78, 5) is 0. The highest BCUT2D eigenvalue weighted by molar-refractivity contribution is 6.28. The van der Waals surface area contributed by atoms with Gasteiger partial charge in [0.1, 0.15) is 11.2 Å². The highest BCUT2D eigenvalue weighted by Gasteiger charge is 2.22. The van der Waals surface area contributed by atoms with Crippen LogP contribution in [0.15, 0.2) is 210 Å². The molecule has 12 aromatic rings. The summed E-state index contributed by atoms with van der Waals surface area (Å²) in [6.45, 7) is 0. The minimum absolute atomic E-state index is 0.157. The molecule has 1 aromatic heterocycles. The summed E-state index contributed by atoms with van der Waals surface area (Å²) in [5.41, 5.74) is 7.18. The summed E-state index contributed by atoms with van der Waals surface area (Å²) >= 11 is 0. The van der Waals surface area contributed by atoms with Crippen LogP contribution >= 0.6 is 0 Å². The lowest BCUT2D eigenvalue weighted by Gasteiger charge is -2.20. The van der Waals surface area contributed by atoms with Crippen molar-refractivity contribution in [3.8, 4) is 44.5 Å². The van der Waals surface area contributed by atoms with Gasteiger partial charge >= 0.3 is 0 Å². The van der Waals surface area contributed by atoms with Crippen LogP contribution in [0.1, 0.15) is 11.0 Å². The van der Waals surface area contributed by atoms with Crippen molar-refractivity contribution in [2.75, 3.05) is 0 Å². The Morgan fingerprint density at radius 3 is 1.54 bits per heavy atom. The Hall–Kier alpha value is -7.48. The molecule has 0 radical (unpaired) electrons. The van der Waals surface area contributed by atoms with Gasteiger partial charge in [-0.3, -0.25) is 0 Å². The molecule has 57 heavy (non-hydrogen) atoms. The first-order chi connectivity index (χ1) is 31.6. The summed E-state index contributed by atoms with van der Waals surface area (Å²) in [7, 11) is 0. The van der Waals surface area contributed by atoms with Gasteiger partial charge in [0.05, 0.1) is 11.0 Å². The topological polar surface area (TPSA) is 13.1 Å². The smallest absolute Gasteiger partial charge is 0.136 e. The number of rotatable bonds is 4. The summed E-state index contributed by atoms with van der Waals surface area (Å²) in [6.07, 6.45) is 0. The molecule has 0 fully saturated rings. The highest BCUT2D eigenvalue weighted by atomic mass is 16.3. The summed E-state index contributed by atoms with van der Waals surface area (Å²) in [5.74, 6) is 0. The van der Waals surface area contributed by atoms with Crippen molar-refractivity contribution in [3.05, 3.63) is 206 Å². The standard InChI is InChI=1S/C56H34O/c1-2-14-35(15-3-1)36-18-10-19-39(32-36)40-24-11-25-41-42-26-12-27-45(44(42)31-30-43(40)41)54-46-20-6-8-22-48(46)55(49-23-9-7-21-47(49)54)50-28-13-29-52-56(50)51-33-37-16-4-5-17-38(37)34-53(51)57-52/h1-34H/i6D,7D,8D,9D,20D,21D,22D,23D. The van der Waals surface area contributed by atoms with Crippen molar-refractivity contribution in [3.63, 3.8) is 0 Å². The molecule has 0 atom stereocenters. The van der Waals surface area contributed by atoms with Crippen LogP contribution in [0.3, 0.4) is 0 Å². The molecule has 0 saturated carbocycles. The first kappa shape index (κ1) is 24.8. The van der Waals surface area contributed by atoms with E-state index in [0.29, 0.717) is 33.2 Å². The second-order valence-corrected chi connectivity index (χ2v) is 14.5. The van der Waals surface area contributed by atoms with Crippen LogP contribution < -0.4 is 0 Å². The summed E-state index contributed by atoms with van der Waals surface area (Å²) in [5, 5.41) is 7.68. The maximum atomic E-state index is 9.67. The molecule has 1 heteroatoms. The maximum Gasteiger partial charge on any atom is 0.136 e. The normalized spacial score (nSPS) is 13.8. The van der Waals surface area contributed by atoms with E-state index in [-0.39, 0.29) is 51.3 Å². The minimum atomic E-state index is -0.446. The molecule has 0 unspecified atom stereocenters. The Morgan fingerprint density at radius 2 is 0.842 bits per heavy atom. The Labute approximate surface area is 340 Å². The zero-order valence-corrected chi connectivity index (χ0v) is 30.4. The first-order valence-corrected chi connectivity index (χ1v) is 19.0. The van der Waals surface area contributed by atoms with Crippen LogP contribution in [0, 0.1) is 0 Å². The third-order valence-corrected chi connectivity index (χ3v) is 11.5. The Bertz CT molecular complexity index is 3960. The molecule has 0 bridgehead atoms. The van der Waals surface area contributed by atoms with Gasteiger partial charge in [0.15, 0.2) is 0 Å². The van der Waals surface area contributed by atoms with Gasteiger partial charge in [0, 0.05) is 10.8 Å². The molecule has 1 nitrogen and oxygen atoms in total. The maximum absolute atomic E-state index is 9.67. The van der Waals surface area contributed by atoms with Crippen LogP contribution in [-0.2, 0) is 0 Å². The third kappa shape index (κ3) is 4.89. The molecule has 0 aliphatic heterocycles. The van der Waals surface area contributed by atoms with E-state index in [1.165, 1.54) is 0 Å². The molecular formula is C56H34O. The van der Waals surface area contributed by atoms with Gasteiger partial charge < -0.3 is 4.42 Å². The van der Waals surface area contributed by atoms with E-state index in [1.54, 1.807) is 0 Å². The van der Waals surface area contributed by atoms with Crippen LogP contribution in [-0.4, -0.2) is 0 Å². The van der Waals surface area contributed by atoms with Crippen molar-refractivity contribution in [1.82, 2.24) is 0 Å². The fraction of sp³-hybridized carbons (Fsp3) is 0. The van der Waals surface area contributed by atoms with Crippen LogP contribution in [0.5, 0.6) is 0 Å². The number of fused-ring (bicyclic) bond motifs is 9. The number of hydrogen-bond acceptors (Lipinski definition) is 1. The van der Waals surface area contributed by atoms with Gasteiger partial charge in [-0.15, -0.1) is 0 Å². The zero-order valence-electron chi connectivity index (χ0n) is 38.4. The van der Waals surface area contributed by atoms with Crippen molar-refractivity contribution in [1.29, 1.82) is 0 Å². The van der Waals surface area contributed by atoms with E-state index in [1.807, 2.05) is 103 Å². The lowest BCUT2D eigenvalue weighted by molar-refractivity contribution is 0.669. The van der Waals surface area contributed by atoms with Crippen LogP contribution in [0.2, 0.25) is 0 Å². The Kier molecular flexibility index (Phi) is 5.46. The Balaban J connectivity index is 1.21. The lowest BCUT2D eigenvalue weighted by atomic mass is 9.83. The second-order valence-electron chi connectivity index (χ2n) is 14.5. The van der Waals surface area contributed by atoms with Crippen molar-refractivity contribution in [2.45, 2.75) is 0 Å². The van der Waals surface area contributed by atoms with E-state index in [0.717, 1.165) is 60.0 Å². The van der Waals surface area contributed by atoms with E-state index in [9.17, 15) is 5.48 Å². The predicted octanol–water partition coefficient (Wildman–Crippen LogP) is 16.0.